The van der Waals surface area contributed by atoms with Crippen LogP contribution < -0.4 is 0 Å². The van der Waals surface area contributed by atoms with Gasteiger partial charge in [-0.3, -0.25) is 0 Å². The lowest BCUT2D eigenvalue weighted by Gasteiger charge is -2.18. The molecule has 0 bridgehead atoms. The predicted octanol–water partition coefficient (Wildman–Crippen LogP) is 4.20. The highest BCUT2D eigenvalue weighted by molar-refractivity contribution is 6.48. The van der Waals surface area contributed by atoms with Gasteiger partial charge in [0.15, 0.2) is 0 Å². The van der Waals surface area contributed by atoms with Crippen molar-refractivity contribution in [3.05, 3.63) is 35.9 Å². The fraction of sp³-hybridized carbons (Fsp3) is 0.455. The molecule has 0 N–H and O–H groups in total. The minimum atomic E-state index is -0.601. The fourth-order valence-electron chi connectivity index (χ4n) is 1.35. The lowest BCUT2D eigenvalue weighted by molar-refractivity contribution is 0.672. The summed E-state index contributed by atoms with van der Waals surface area (Å²) in [4.78, 5) is 0. The van der Waals surface area contributed by atoms with Crippen molar-refractivity contribution in [1.29, 1.82) is 0 Å². The quantitative estimate of drug-likeness (QED) is 0.663. The third-order valence-corrected chi connectivity index (χ3v) is 2.57. The molecule has 0 amide bonds. The summed E-state index contributed by atoms with van der Waals surface area (Å²) in [5.41, 5.74) is 1.20. The number of benzene rings is 1. The van der Waals surface area contributed by atoms with Crippen molar-refractivity contribution in [1.82, 2.24) is 0 Å². The Bertz CT molecular complexity index is 242. The topological polar surface area (TPSA) is 0 Å². The van der Waals surface area contributed by atoms with Crippen LogP contribution in [-0.4, -0.2) is 4.33 Å². The molecule has 2 heteroatoms. The van der Waals surface area contributed by atoms with Gasteiger partial charge in [-0.1, -0.05) is 43.7 Å². The Labute approximate surface area is 89.9 Å². The molecule has 0 radical (unpaired) electrons. The number of hydrogen-bond donors (Lipinski definition) is 0. The van der Waals surface area contributed by atoms with Gasteiger partial charge < -0.3 is 0 Å². The standard InChI is InChI=1S/C11H14Cl2/c1-2-8-11(12,13)9-10-6-4-3-5-7-10/h3-7H,2,8-9H2,1H3. The Morgan fingerprint density at radius 2 is 1.77 bits per heavy atom. The molecule has 13 heavy (non-hydrogen) atoms. The van der Waals surface area contributed by atoms with Crippen molar-refractivity contribution in [2.45, 2.75) is 30.5 Å². The molecule has 0 saturated carbocycles. The van der Waals surface area contributed by atoms with Crippen LogP contribution in [-0.2, 0) is 6.42 Å². The van der Waals surface area contributed by atoms with Crippen LogP contribution in [0.25, 0.3) is 0 Å². The smallest absolute Gasteiger partial charge is 0.101 e. The van der Waals surface area contributed by atoms with Gasteiger partial charge in [0.2, 0.25) is 0 Å². The van der Waals surface area contributed by atoms with Gasteiger partial charge >= 0.3 is 0 Å². The van der Waals surface area contributed by atoms with Crippen molar-refractivity contribution in [2.24, 2.45) is 0 Å². The molecule has 0 aliphatic heterocycles. The second kappa shape index (κ2) is 4.88. The summed E-state index contributed by atoms with van der Waals surface area (Å²) in [6.45, 7) is 2.09. The average Bonchev–Trinajstić information content (AvgIpc) is 2.04. The Balaban J connectivity index is 2.58. The maximum Gasteiger partial charge on any atom is 0.122 e. The number of halogens is 2. The van der Waals surface area contributed by atoms with E-state index in [0.717, 1.165) is 19.3 Å². The van der Waals surface area contributed by atoms with E-state index in [0.29, 0.717) is 0 Å². The van der Waals surface area contributed by atoms with Gasteiger partial charge in [-0.05, 0) is 12.0 Å². The van der Waals surface area contributed by atoms with Gasteiger partial charge in [0.1, 0.15) is 4.33 Å². The summed E-state index contributed by atoms with van der Waals surface area (Å²) >= 11 is 12.3. The van der Waals surface area contributed by atoms with Crippen molar-refractivity contribution in [3.8, 4) is 0 Å². The first-order valence-electron chi connectivity index (χ1n) is 4.56. The summed E-state index contributed by atoms with van der Waals surface area (Å²) in [5, 5.41) is 0. The summed E-state index contributed by atoms with van der Waals surface area (Å²) in [6.07, 6.45) is 2.58. The first-order valence-corrected chi connectivity index (χ1v) is 5.31. The molecule has 0 aliphatic rings. The van der Waals surface area contributed by atoms with E-state index in [2.05, 4.69) is 19.1 Å². The lowest BCUT2D eigenvalue weighted by Crippen LogP contribution is -2.15. The van der Waals surface area contributed by atoms with Gasteiger partial charge in [0, 0.05) is 6.42 Å². The Morgan fingerprint density at radius 3 is 2.31 bits per heavy atom. The van der Waals surface area contributed by atoms with Crippen LogP contribution in [0.3, 0.4) is 0 Å². The summed E-state index contributed by atoms with van der Waals surface area (Å²) < 4.78 is -0.601. The van der Waals surface area contributed by atoms with E-state index < -0.39 is 4.33 Å². The third kappa shape index (κ3) is 4.02. The first kappa shape index (κ1) is 10.9. The highest BCUT2D eigenvalue weighted by Gasteiger charge is 2.22. The normalized spacial score (nSPS) is 11.6. The lowest BCUT2D eigenvalue weighted by atomic mass is 10.1. The zero-order valence-electron chi connectivity index (χ0n) is 7.76. The molecule has 72 valence electrons. The van der Waals surface area contributed by atoms with Crippen molar-refractivity contribution in [2.75, 3.05) is 0 Å². The first-order chi connectivity index (χ1) is 6.14. The fourth-order valence-corrected chi connectivity index (χ4v) is 2.04. The largest absolute Gasteiger partial charge is 0.122 e. The second-order valence-corrected chi connectivity index (χ2v) is 4.91. The molecule has 0 aromatic heterocycles. The van der Waals surface area contributed by atoms with E-state index in [4.69, 9.17) is 23.2 Å². The minimum absolute atomic E-state index is 0.601. The van der Waals surface area contributed by atoms with Crippen LogP contribution in [0, 0.1) is 0 Å². The highest BCUT2D eigenvalue weighted by atomic mass is 35.5. The molecule has 0 nitrogen and oxygen atoms in total. The van der Waals surface area contributed by atoms with Gasteiger partial charge in [0.05, 0.1) is 0 Å². The monoisotopic (exact) mass is 216 g/mol. The van der Waals surface area contributed by atoms with Crippen LogP contribution in [0.15, 0.2) is 30.3 Å². The molecule has 0 unspecified atom stereocenters. The van der Waals surface area contributed by atoms with Crippen molar-refractivity contribution in [3.63, 3.8) is 0 Å². The van der Waals surface area contributed by atoms with Crippen LogP contribution in [0.2, 0.25) is 0 Å². The number of hydrogen-bond acceptors (Lipinski definition) is 0. The van der Waals surface area contributed by atoms with Crippen LogP contribution in [0.1, 0.15) is 25.3 Å². The van der Waals surface area contributed by atoms with Gasteiger partial charge in [-0.2, -0.15) is 0 Å². The van der Waals surface area contributed by atoms with E-state index in [1.165, 1.54) is 5.56 Å². The van der Waals surface area contributed by atoms with Gasteiger partial charge in [0.25, 0.3) is 0 Å². The van der Waals surface area contributed by atoms with Crippen molar-refractivity contribution >= 4 is 23.2 Å². The van der Waals surface area contributed by atoms with Crippen molar-refractivity contribution < 1.29 is 0 Å². The van der Waals surface area contributed by atoms with E-state index in [1.54, 1.807) is 0 Å². The molecule has 0 heterocycles. The molecule has 0 aliphatic carbocycles. The molecule has 0 saturated heterocycles. The molecular formula is C11H14Cl2. The summed E-state index contributed by atoms with van der Waals surface area (Å²) in [6, 6.07) is 10.1. The van der Waals surface area contributed by atoms with E-state index in [9.17, 15) is 0 Å². The molecule has 0 fully saturated rings. The second-order valence-electron chi connectivity index (χ2n) is 3.27. The van der Waals surface area contributed by atoms with Crippen LogP contribution >= 0.6 is 23.2 Å². The minimum Gasteiger partial charge on any atom is -0.101 e. The Morgan fingerprint density at radius 1 is 1.15 bits per heavy atom. The van der Waals surface area contributed by atoms with E-state index >= 15 is 0 Å². The molecule has 1 aromatic rings. The maximum absolute atomic E-state index is 6.14. The molecule has 0 spiro atoms. The zero-order chi connectivity index (χ0) is 9.73. The predicted molar refractivity (Wildman–Crippen MR) is 59.5 cm³/mol. The average molecular weight is 217 g/mol. The molecule has 1 aromatic carbocycles. The SMILES string of the molecule is CCCC(Cl)(Cl)Cc1ccccc1. The Hall–Kier alpha value is -0.200. The zero-order valence-corrected chi connectivity index (χ0v) is 9.28. The van der Waals surface area contributed by atoms with E-state index in [-0.39, 0.29) is 0 Å². The van der Waals surface area contributed by atoms with Gasteiger partial charge in [-0.25, -0.2) is 0 Å². The van der Waals surface area contributed by atoms with E-state index in [1.807, 2.05) is 18.2 Å². The maximum atomic E-state index is 6.14. The Kier molecular flexibility index (Phi) is 4.08. The molecule has 0 atom stereocenters. The molecule has 1 rings (SSSR count). The summed E-state index contributed by atoms with van der Waals surface area (Å²) in [7, 11) is 0. The van der Waals surface area contributed by atoms with Crippen LogP contribution in [0.5, 0.6) is 0 Å². The molecular weight excluding hydrogens is 203 g/mol. The van der Waals surface area contributed by atoms with Gasteiger partial charge in [-0.15, -0.1) is 23.2 Å². The summed E-state index contributed by atoms with van der Waals surface area (Å²) in [5.74, 6) is 0. The van der Waals surface area contributed by atoms with Crippen LogP contribution in [0.4, 0.5) is 0 Å². The number of rotatable bonds is 4. The third-order valence-electron chi connectivity index (χ3n) is 1.92. The highest BCUT2D eigenvalue weighted by Crippen LogP contribution is 2.30. The number of alkyl halides is 2.